The lowest BCUT2D eigenvalue weighted by atomic mass is 9.61. The summed E-state index contributed by atoms with van der Waals surface area (Å²) in [5.41, 5.74) is 0.936. The van der Waals surface area contributed by atoms with E-state index in [2.05, 4.69) is 52.8 Å². The van der Waals surface area contributed by atoms with Gasteiger partial charge in [-0.1, -0.05) is 58.6 Å². The van der Waals surface area contributed by atoms with Crippen LogP contribution in [0.25, 0.3) is 0 Å². The van der Waals surface area contributed by atoms with Crippen LogP contribution in [-0.2, 0) is 25.3 Å². The van der Waals surface area contributed by atoms with Gasteiger partial charge in [0.15, 0.2) is 0 Å². The average molecular weight is 486 g/mol. The predicted octanol–water partition coefficient (Wildman–Crippen LogP) is 6.90. The Morgan fingerprint density at radius 2 is 1.83 bits per heavy atom. The third-order valence-corrected chi connectivity index (χ3v) is 8.49. The highest BCUT2D eigenvalue weighted by molar-refractivity contribution is 5.73. The van der Waals surface area contributed by atoms with Crippen molar-refractivity contribution in [3.05, 3.63) is 29.3 Å². The van der Waals surface area contributed by atoms with Crippen molar-refractivity contribution >= 4 is 11.9 Å². The number of rotatable bonds is 9. The number of amides is 1. The molecule has 1 aromatic carbocycles. The van der Waals surface area contributed by atoms with Crippen molar-refractivity contribution in [3.8, 4) is 5.75 Å². The molecular formula is C30H47NO4. The summed E-state index contributed by atoms with van der Waals surface area (Å²) in [4.78, 5) is 26.9. The van der Waals surface area contributed by atoms with Crippen molar-refractivity contribution in [1.29, 1.82) is 0 Å². The summed E-state index contributed by atoms with van der Waals surface area (Å²) in [6, 6.07) is 6.56. The SMILES string of the molecule is CCCCCCC(C)(C)c1ccc2c(c1)OC(C)(C)[C@@H]1CCC(N(CC)C(C)=O)C[C@@]21OC(C)=O. The molecule has 0 saturated heterocycles. The zero-order valence-electron chi connectivity index (χ0n) is 23.3. The number of esters is 1. The molecule has 196 valence electrons. The molecule has 1 aliphatic carbocycles. The fourth-order valence-corrected chi connectivity index (χ4v) is 6.69. The topological polar surface area (TPSA) is 55.8 Å². The number of ether oxygens (including phenoxy) is 2. The second-order valence-electron chi connectivity index (χ2n) is 11.9. The van der Waals surface area contributed by atoms with E-state index in [1.165, 1.54) is 38.2 Å². The summed E-state index contributed by atoms with van der Waals surface area (Å²) in [5.74, 6) is 0.616. The van der Waals surface area contributed by atoms with Crippen LogP contribution in [0.3, 0.4) is 0 Å². The van der Waals surface area contributed by atoms with Gasteiger partial charge in [-0.3, -0.25) is 9.59 Å². The Morgan fingerprint density at radius 1 is 1.11 bits per heavy atom. The lowest BCUT2D eigenvalue weighted by Gasteiger charge is -2.56. The molecule has 1 heterocycles. The zero-order chi connectivity index (χ0) is 26.0. The molecule has 0 bridgehead atoms. The van der Waals surface area contributed by atoms with Gasteiger partial charge in [-0.15, -0.1) is 0 Å². The molecule has 0 radical (unpaired) electrons. The van der Waals surface area contributed by atoms with Gasteiger partial charge < -0.3 is 14.4 Å². The van der Waals surface area contributed by atoms with Crippen LogP contribution in [0.2, 0.25) is 0 Å². The third kappa shape index (κ3) is 5.54. The molecule has 1 saturated carbocycles. The second kappa shape index (κ2) is 10.5. The Kier molecular flexibility index (Phi) is 8.28. The lowest BCUT2D eigenvalue weighted by molar-refractivity contribution is -0.199. The summed E-state index contributed by atoms with van der Waals surface area (Å²) in [6.07, 6.45) is 8.43. The fraction of sp³-hybridized carbons (Fsp3) is 0.733. The monoisotopic (exact) mass is 485 g/mol. The van der Waals surface area contributed by atoms with Crippen molar-refractivity contribution < 1.29 is 19.1 Å². The van der Waals surface area contributed by atoms with Crippen LogP contribution in [-0.4, -0.2) is 35.0 Å². The normalized spacial score (nSPS) is 25.1. The standard InChI is InChI=1S/C30H47NO4/c1-9-11-12-13-18-28(5,6)23-14-16-25-26(19-23)35-29(7,8)27-17-15-24(31(10-2)21(3)32)20-30(25,27)34-22(4)33/h14,16,19,24,27H,9-13,15,17-18,20H2,1-8H3/t24?,27-,30+/m0/s1. The van der Waals surface area contributed by atoms with E-state index in [9.17, 15) is 9.59 Å². The highest BCUT2D eigenvalue weighted by atomic mass is 16.6. The van der Waals surface area contributed by atoms with Crippen LogP contribution in [0.1, 0.15) is 118 Å². The van der Waals surface area contributed by atoms with Gasteiger partial charge in [0, 0.05) is 44.3 Å². The molecule has 1 unspecified atom stereocenters. The second-order valence-corrected chi connectivity index (χ2v) is 11.9. The number of unbranched alkanes of at least 4 members (excludes halogenated alkanes) is 3. The van der Waals surface area contributed by atoms with Crippen LogP contribution in [0.5, 0.6) is 5.75 Å². The van der Waals surface area contributed by atoms with Gasteiger partial charge in [-0.2, -0.15) is 0 Å². The minimum atomic E-state index is -0.807. The van der Waals surface area contributed by atoms with Gasteiger partial charge in [0.05, 0.1) is 0 Å². The summed E-state index contributed by atoms with van der Waals surface area (Å²) in [6.45, 7) is 16.9. The van der Waals surface area contributed by atoms with Crippen LogP contribution in [0, 0.1) is 5.92 Å². The van der Waals surface area contributed by atoms with Gasteiger partial charge in [0.2, 0.25) is 5.91 Å². The molecule has 1 aromatic rings. The molecule has 2 aliphatic rings. The van der Waals surface area contributed by atoms with Crippen LogP contribution in [0.15, 0.2) is 18.2 Å². The Balaban J connectivity index is 2.05. The largest absolute Gasteiger partial charge is 0.487 e. The Morgan fingerprint density at radius 3 is 2.43 bits per heavy atom. The fourth-order valence-electron chi connectivity index (χ4n) is 6.69. The highest BCUT2D eigenvalue weighted by Gasteiger charge is 2.59. The van der Waals surface area contributed by atoms with Gasteiger partial charge in [-0.05, 0) is 57.1 Å². The molecule has 0 aromatic heterocycles. The third-order valence-electron chi connectivity index (χ3n) is 8.49. The van der Waals surface area contributed by atoms with E-state index in [4.69, 9.17) is 9.47 Å². The number of hydrogen-bond donors (Lipinski definition) is 0. The number of fused-ring (bicyclic) bond motifs is 3. The molecule has 35 heavy (non-hydrogen) atoms. The number of nitrogens with zero attached hydrogens (tertiary/aromatic N) is 1. The summed E-state index contributed by atoms with van der Waals surface area (Å²) >= 11 is 0. The first-order valence-corrected chi connectivity index (χ1v) is 13.7. The quantitative estimate of drug-likeness (QED) is 0.282. The molecule has 3 rings (SSSR count). The van der Waals surface area contributed by atoms with E-state index in [-0.39, 0.29) is 29.3 Å². The number of hydrogen-bond acceptors (Lipinski definition) is 4. The molecule has 3 atom stereocenters. The minimum Gasteiger partial charge on any atom is -0.487 e. The first kappa shape index (κ1) is 27.5. The van der Waals surface area contributed by atoms with Crippen LogP contribution in [0.4, 0.5) is 0 Å². The van der Waals surface area contributed by atoms with E-state index in [1.807, 2.05) is 11.8 Å². The Bertz CT molecular complexity index is 921. The van der Waals surface area contributed by atoms with Crippen molar-refractivity contribution in [3.63, 3.8) is 0 Å². The maximum absolute atomic E-state index is 12.5. The van der Waals surface area contributed by atoms with Crippen LogP contribution < -0.4 is 4.74 Å². The highest BCUT2D eigenvalue weighted by Crippen LogP contribution is 2.57. The van der Waals surface area contributed by atoms with Crippen molar-refractivity contribution in [2.24, 2.45) is 5.92 Å². The van der Waals surface area contributed by atoms with Crippen molar-refractivity contribution in [1.82, 2.24) is 4.90 Å². The number of carbonyl (C=O) groups excluding carboxylic acids is 2. The van der Waals surface area contributed by atoms with Crippen molar-refractivity contribution in [2.75, 3.05) is 6.54 Å². The first-order valence-electron chi connectivity index (χ1n) is 13.7. The van der Waals surface area contributed by atoms with Crippen molar-refractivity contribution in [2.45, 2.75) is 129 Å². The minimum absolute atomic E-state index is 0.0150. The molecule has 5 nitrogen and oxygen atoms in total. The van der Waals surface area contributed by atoms with Gasteiger partial charge in [-0.25, -0.2) is 0 Å². The molecule has 1 aliphatic heterocycles. The maximum Gasteiger partial charge on any atom is 0.303 e. The van der Waals surface area contributed by atoms with E-state index in [0.717, 1.165) is 30.6 Å². The predicted molar refractivity (Wildman–Crippen MR) is 141 cm³/mol. The maximum atomic E-state index is 12.5. The number of carbonyl (C=O) groups is 2. The van der Waals surface area contributed by atoms with E-state index < -0.39 is 11.2 Å². The molecule has 1 amide bonds. The van der Waals surface area contributed by atoms with E-state index in [1.54, 1.807) is 6.92 Å². The smallest absolute Gasteiger partial charge is 0.303 e. The van der Waals surface area contributed by atoms with Crippen LogP contribution >= 0.6 is 0 Å². The zero-order valence-corrected chi connectivity index (χ0v) is 23.3. The molecule has 0 N–H and O–H groups in total. The van der Waals surface area contributed by atoms with Gasteiger partial charge in [0.25, 0.3) is 0 Å². The molecule has 5 heteroatoms. The summed E-state index contributed by atoms with van der Waals surface area (Å²) in [7, 11) is 0. The lowest BCUT2D eigenvalue weighted by Crippen LogP contribution is -2.60. The van der Waals surface area contributed by atoms with E-state index >= 15 is 0 Å². The van der Waals surface area contributed by atoms with Gasteiger partial charge in [0.1, 0.15) is 17.0 Å². The van der Waals surface area contributed by atoms with Gasteiger partial charge >= 0.3 is 5.97 Å². The van der Waals surface area contributed by atoms with E-state index in [0.29, 0.717) is 13.0 Å². The molecule has 1 fully saturated rings. The average Bonchev–Trinajstić information content (AvgIpc) is 2.75. The first-order chi connectivity index (χ1) is 16.4. The Labute approximate surface area is 212 Å². The molecular weight excluding hydrogens is 438 g/mol. The summed E-state index contributed by atoms with van der Waals surface area (Å²) < 4.78 is 13.0. The molecule has 0 spiro atoms. The summed E-state index contributed by atoms with van der Waals surface area (Å²) in [5, 5.41) is 0. The Hall–Kier alpha value is -2.04. The number of benzene rings is 1.